The van der Waals surface area contributed by atoms with Crippen molar-refractivity contribution < 1.29 is 13.9 Å². The molecule has 2 saturated heterocycles. The van der Waals surface area contributed by atoms with Crippen LogP contribution < -0.4 is 0 Å². The summed E-state index contributed by atoms with van der Waals surface area (Å²) in [5.74, 6) is 0.171. The van der Waals surface area contributed by atoms with Gasteiger partial charge < -0.3 is 9.64 Å². The van der Waals surface area contributed by atoms with Crippen LogP contribution in [0.5, 0.6) is 0 Å². The standard InChI is InChI=1S/C19H25ClFNO2/c1-12(10-21)24-19(23)18-16(14-4-6-15(20)7-5-14)9-13-3-8-17(18)22(2)11-13/h4-7,12-13,16-18H,3,8-11H2,1-2H3/t12-,13?,16+,17?,18-/m0/s1. The van der Waals surface area contributed by atoms with Gasteiger partial charge in [-0.25, -0.2) is 4.39 Å². The highest BCUT2D eigenvalue weighted by molar-refractivity contribution is 6.30. The molecule has 1 aliphatic carbocycles. The van der Waals surface area contributed by atoms with Crippen molar-refractivity contribution in [2.45, 2.75) is 44.2 Å². The van der Waals surface area contributed by atoms with E-state index in [0.29, 0.717) is 10.9 Å². The van der Waals surface area contributed by atoms with E-state index in [9.17, 15) is 9.18 Å². The molecule has 5 atom stereocenters. The maximum atomic E-state index is 12.9. The summed E-state index contributed by atoms with van der Waals surface area (Å²) in [5, 5.41) is 0.692. The Kier molecular flexibility index (Phi) is 5.46. The fourth-order valence-corrected chi connectivity index (χ4v) is 4.49. The van der Waals surface area contributed by atoms with Gasteiger partial charge in [0.05, 0.1) is 5.92 Å². The van der Waals surface area contributed by atoms with Gasteiger partial charge in [0.1, 0.15) is 12.8 Å². The van der Waals surface area contributed by atoms with Crippen LogP contribution in [0.2, 0.25) is 5.02 Å². The molecule has 5 heteroatoms. The summed E-state index contributed by atoms with van der Waals surface area (Å²) >= 11 is 6.02. The van der Waals surface area contributed by atoms with E-state index >= 15 is 0 Å². The Balaban J connectivity index is 1.93. The van der Waals surface area contributed by atoms with E-state index in [1.54, 1.807) is 6.92 Å². The van der Waals surface area contributed by atoms with Gasteiger partial charge in [0.15, 0.2) is 0 Å². The first kappa shape index (κ1) is 17.7. The molecule has 2 heterocycles. The first-order chi connectivity index (χ1) is 11.5. The van der Waals surface area contributed by atoms with Crippen LogP contribution in [0.25, 0.3) is 0 Å². The van der Waals surface area contributed by atoms with Crippen molar-refractivity contribution in [2.24, 2.45) is 11.8 Å². The molecule has 132 valence electrons. The Bertz CT molecular complexity index is 579. The lowest BCUT2D eigenvalue weighted by atomic mass is 9.80. The Labute approximate surface area is 148 Å². The van der Waals surface area contributed by atoms with Crippen molar-refractivity contribution in [1.82, 2.24) is 4.90 Å². The average molecular weight is 354 g/mol. The van der Waals surface area contributed by atoms with Gasteiger partial charge in [-0.1, -0.05) is 23.7 Å². The second-order valence-corrected chi connectivity index (χ2v) is 7.71. The van der Waals surface area contributed by atoms with Crippen molar-refractivity contribution in [3.05, 3.63) is 34.9 Å². The molecule has 0 aromatic heterocycles. The highest BCUT2D eigenvalue weighted by Crippen LogP contribution is 2.45. The van der Waals surface area contributed by atoms with E-state index in [2.05, 4.69) is 11.9 Å². The third-order valence-electron chi connectivity index (χ3n) is 5.52. The van der Waals surface area contributed by atoms with E-state index in [1.807, 2.05) is 24.3 Å². The predicted octanol–water partition coefficient (Wildman–Crippen LogP) is 4.06. The van der Waals surface area contributed by atoms with Gasteiger partial charge in [-0.3, -0.25) is 4.79 Å². The van der Waals surface area contributed by atoms with E-state index in [1.165, 1.54) is 0 Å². The average Bonchev–Trinajstić information content (AvgIpc) is 2.83. The van der Waals surface area contributed by atoms with Gasteiger partial charge in [-0.2, -0.15) is 0 Å². The van der Waals surface area contributed by atoms with Crippen LogP contribution in [0.3, 0.4) is 0 Å². The lowest BCUT2D eigenvalue weighted by molar-refractivity contribution is -0.157. The summed E-state index contributed by atoms with van der Waals surface area (Å²) in [7, 11) is 2.08. The number of alkyl halides is 1. The monoisotopic (exact) mass is 353 g/mol. The van der Waals surface area contributed by atoms with E-state index in [4.69, 9.17) is 16.3 Å². The zero-order valence-electron chi connectivity index (χ0n) is 14.3. The number of halogens is 2. The Morgan fingerprint density at radius 2 is 2.08 bits per heavy atom. The summed E-state index contributed by atoms with van der Waals surface area (Å²) in [6, 6.07) is 7.93. The van der Waals surface area contributed by atoms with E-state index < -0.39 is 12.8 Å². The first-order valence-electron chi connectivity index (χ1n) is 8.71. The third-order valence-corrected chi connectivity index (χ3v) is 5.78. The molecule has 0 N–H and O–H groups in total. The SMILES string of the molecule is C[C@@H](CF)OC(=O)[C@@H]1C2CCC(C[C@@H]1c1ccc(Cl)cc1)CN2C. The molecule has 3 fully saturated rings. The largest absolute Gasteiger partial charge is 0.460 e. The molecule has 2 bridgehead atoms. The first-order valence-corrected chi connectivity index (χ1v) is 9.09. The topological polar surface area (TPSA) is 29.5 Å². The van der Waals surface area contributed by atoms with Crippen LogP contribution in [-0.2, 0) is 9.53 Å². The van der Waals surface area contributed by atoms with Crippen molar-refractivity contribution in [2.75, 3.05) is 20.3 Å². The number of benzene rings is 1. The number of carbonyl (C=O) groups excluding carboxylic acids is 1. The molecule has 0 amide bonds. The quantitative estimate of drug-likeness (QED) is 0.765. The van der Waals surface area contributed by atoms with E-state index in [-0.39, 0.29) is 23.8 Å². The molecule has 0 radical (unpaired) electrons. The van der Waals surface area contributed by atoms with Crippen molar-refractivity contribution >= 4 is 17.6 Å². The third kappa shape index (κ3) is 3.60. The predicted molar refractivity (Wildman–Crippen MR) is 93.0 cm³/mol. The lowest BCUT2D eigenvalue weighted by Gasteiger charge is -2.37. The number of nitrogens with zero attached hydrogens (tertiary/aromatic N) is 1. The smallest absolute Gasteiger partial charge is 0.311 e. The molecule has 1 aromatic rings. The molecule has 2 aliphatic heterocycles. The Morgan fingerprint density at radius 1 is 1.38 bits per heavy atom. The van der Waals surface area contributed by atoms with Crippen LogP contribution >= 0.6 is 11.6 Å². The molecule has 3 nitrogen and oxygen atoms in total. The van der Waals surface area contributed by atoms with Crippen LogP contribution in [-0.4, -0.2) is 43.3 Å². The van der Waals surface area contributed by atoms with Crippen molar-refractivity contribution in [1.29, 1.82) is 0 Å². The molecule has 24 heavy (non-hydrogen) atoms. The molecule has 3 aliphatic rings. The summed E-state index contributed by atoms with van der Waals surface area (Å²) in [6.07, 6.45) is 2.41. The summed E-state index contributed by atoms with van der Waals surface area (Å²) in [5.41, 5.74) is 1.13. The second kappa shape index (κ2) is 7.40. The number of esters is 1. The highest BCUT2D eigenvalue weighted by Gasteiger charge is 2.46. The van der Waals surface area contributed by atoms with Crippen LogP contribution in [0, 0.1) is 11.8 Å². The summed E-state index contributed by atoms with van der Waals surface area (Å²) in [4.78, 5) is 15.2. The zero-order valence-corrected chi connectivity index (χ0v) is 15.0. The van der Waals surface area contributed by atoms with E-state index in [0.717, 1.165) is 31.4 Å². The summed E-state index contributed by atoms with van der Waals surface area (Å²) < 4.78 is 18.2. The van der Waals surface area contributed by atoms with Gasteiger partial charge in [-0.15, -0.1) is 0 Å². The molecule has 1 saturated carbocycles. The Hall–Kier alpha value is -1.13. The fraction of sp³-hybridized carbons (Fsp3) is 0.632. The zero-order chi connectivity index (χ0) is 17.3. The van der Waals surface area contributed by atoms with Crippen LogP contribution in [0.4, 0.5) is 4.39 Å². The molecule has 0 spiro atoms. The maximum absolute atomic E-state index is 12.9. The minimum atomic E-state index is -0.686. The van der Waals surface area contributed by atoms with Gasteiger partial charge in [0.25, 0.3) is 0 Å². The number of fused-ring (bicyclic) bond motifs is 4. The number of rotatable bonds is 4. The minimum Gasteiger partial charge on any atom is -0.460 e. The number of hydrogen-bond donors (Lipinski definition) is 0. The molecular formula is C19H25ClFNO2. The number of carbonyl (C=O) groups is 1. The number of piperidine rings is 1. The van der Waals surface area contributed by atoms with Crippen molar-refractivity contribution in [3.8, 4) is 0 Å². The van der Waals surface area contributed by atoms with Gasteiger partial charge in [0.2, 0.25) is 0 Å². The van der Waals surface area contributed by atoms with Crippen molar-refractivity contribution in [3.63, 3.8) is 0 Å². The second-order valence-electron chi connectivity index (χ2n) is 7.27. The normalized spacial score (nSPS) is 31.5. The molecular weight excluding hydrogens is 329 g/mol. The van der Waals surface area contributed by atoms with Gasteiger partial charge >= 0.3 is 5.97 Å². The molecule has 2 unspecified atom stereocenters. The lowest BCUT2D eigenvalue weighted by Crippen LogP contribution is -2.46. The highest BCUT2D eigenvalue weighted by atomic mass is 35.5. The van der Waals surface area contributed by atoms with Crippen LogP contribution in [0.15, 0.2) is 24.3 Å². The van der Waals surface area contributed by atoms with Crippen LogP contribution in [0.1, 0.15) is 37.7 Å². The number of ether oxygens (including phenoxy) is 1. The molecule has 1 aromatic carbocycles. The summed E-state index contributed by atoms with van der Waals surface area (Å²) in [6.45, 7) is 1.97. The minimum absolute atomic E-state index is 0.101. The number of hydrogen-bond acceptors (Lipinski definition) is 3. The van der Waals surface area contributed by atoms with Gasteiger partial charge in [-0.05, 0) is 62.8 Å². The maximum Gasteiger partial charge on any atom is 0.311 e. The molecule has 4 rings (SSSR count). The van der Waals surface area contributed by atoms with Gasteiger partial charge in [0, 0.05) is 17.6 Å². The Morgan fingerprint density at radius 3 is 2.71 bits per heavy atom. The fourth-order valence-electron chi connectivity index (χ4n) is 4.36.